The van der Waals surface area contributed by atoms with Gasteiger partial charge in [0.25, 0.3) is 5.91 Å². The van der Waals surface area contributed by atoms with Crippen LogP contribution in [0, 0.1) is 0 Å². The third-order valence-electron chi connectivity index (χ3n) is 5.50. The number of nitrogens with one attached hydrogen (secondary N) is 1. The summed E-state index contributed by atoms with van der Waals surface area (Å²) < 4.78 is 4.88. The van der Waals surface area contributed by atoms with Gasteiger partial charge in [0.2, 0.25) is 0 Å². The van der Waals surface area contributed by atoms with E-state index in [-0.39, 0.29) is 11.4 Å². The van der Waals surface area contributed by atoms with Crippen molar-refractivity contribution in [2.45, 2.75) is 19.4 Å². The van der Waals surface area contributed by atoms with Gasteiger partial charge in [-0.3, -0.25) is 4.79 Å². The Bertz CT molecular complexity index is 1420. The molecule has 0 unspecified atom stereocenters. The number of aromatic hydroxyl groups is 1. The standard InChI is InChI=1S/C27H26N4O4/c1-27(2,29)18-9-11-19(12-10-18)30-24(16-6-4-3-5-7-16)23-20-13-8-17(14-21(20)31-25(23)33)26(34)35-15-22(28)32/h3-14,31,33H,15,29H2,1-2H3,(H2,28,32). The third kappa shape index (κ3) is 5.23. The number of nitrogens with two attached hydrogens (primary N) is 2. The van der Waals surface area contributed by atoms with Crippen molar-refractivity contribution in [2.24, 2.45) is 16.5 Å². The van der Waals surface area contributed by atoms with Crippen LogP contribution in [0.3, 0.4) is 0 Å². The fourth-order valence-corrected chi connectivity index (χ4v) is 3.73. The molecule has 0 saturated carbocycles. The molecule has 4 rings (SSSR count). The molecule has 0 atom stereocenters. The van der Waals surface area contributed by atoms with Crippen LogP contribution in [-0.4, -0.2) is 34.3 Å². The molecular formula is C27H26N4O4. The summed E-state index contributed by atoms with van der Waals surface area (Å²) in [4.78, 5) is 30.9. The van der Waals surface area contributed by atoms with E-state index in [1.165, 1.54) is 0 Å². The van der Waals surface area contributed by atoms with E-state index >= 15 is 0 Å². The first-order chi connectivity index (χ1) is 16.6. The Morgan fingerprint density at radius 3 is 2.31 bits per heavy atom. The lowest BCUT2D eigenvalue weighted by atomic mass is 9.95. The second-order valence-corrected chi connectivity index (χ2v) is 8.75. The summed E-state index contributed by atoms with van der Waals surface area (Å²) in [6, 6.07) is 21.9. The van der Waals surface area contributed by atoms with Crippen LogP contribution in [0.15, 0.2) is 77.8 Å². The summed E-state index contributed by atoms with van der Waals surface area (Å²) in [5, 5.41) is 11.5. The molecule has 0 saturated heterocycles. The summed E-state index contributed by atoms with van der Waals surface area (Å²) in [6.07, 6.45) is 0. The van der Waals surface area contributed by atoms with Gasteiger partial charge < -0.3 is 26.3 Å². The number of amides is 1. The van der Waals surface area contributed by atoms with Crippen molar-refractivity contribution in [2.75, 3.05) is 6.61 Å². The van der Waals surface area contributed by atoms with Gasteiger partial charge in [-0.15, -0.1) is 0 Å². The Labute approximate surface area is 202 Å². The van der Waals surface area contributed by atoms with Crippen molar-refractivity contribution < 1.29 is 19.4 Å². The van der Waals surface area contributed by atoms with Gasteiger partial charge in [-0.25, -0.2) is 9.79 Å². The number of fused-ring (bicyclic) bond motifs is 1. The van der Waals surface area contributed by atoms with Gasteiger partial charge in [0, 0.05) is 22.0 Å². The average molecular weight is 471 g/mol. The fraction of sp³-hybridized carbons (Fsp3) is 0.148. The van der Waals surface area contributed by atoms with Crippen LogP contribution in [0.25, 0.3) is 10.9 Å². The molecule has 1 aromatic heterocycles. The maximum Gasteiger partial charge on any atom is 0.338 e. The topological polar surface area (TPSA) is 144 Å². The van der Waals surface area contributed by atoms with Gasteiger partial charge in [0.1, 0.15) is 0 Å². The molecule has 35 heavy (non-hydrogen) atoms. The van der Waals surface area contributed by atoms with Crippen molar-refractivity contribution in [1.82, 2.24) is 4.98 Å². The minimum Gasteiger partial charge on any atom is -0.494 e. The molecule has 8 heteroatoms. The van der Waals surface area contributed by atoms with Crippen LogP contribution in [0.1, 0.15) is 40.9 Å². The summed E-state index contributed by atoms with van der Waals surface area (Å²) >= 11 is 0. The monoisotopic (exact) mass is 470 g/mol. The SMILES string of the molecule is CC(C)(N)c1ccc(N=C(c2ccccc2)c2c(O)[nH]c3cc(C(=O)OCC(N)=O)ccc23)cc1. The molecule has 0 radical (unpaired) electrons. The maximum atomic E-state index is 12.2. The number of H-pyrrole nitrogens is 1. The summed E-state index contributed by atoms with van der Waals surface area (Å²) in [5.74, 6) is -1.53. The number of aromatic nitrogens is 1. The van der Waals surface area contributed by atoms with Gasteiger partial charge in [-0.05, 0) is 43.7 Å². The molecule has 1 heterocycles. The number of aromatic amines is 1. The second kappa shape index (κ2) is 9.44. The number of hydrogen-bond acceptors (Lipinski definition) is 6. The number of benzene rings is 3. The largest absolute Gasteiger partial charge is 0.494 e. The van der Waals surface area contributed by atoms with E-state index in [1.807, 2.05) is 68.4 Å². The van der Waals surface area contributed by atoms with E-state index < -0.39 is 24.0 Å². The molecule has 0 bridgehead atoms. The van der Waals surface area contributed by atoms with Gasteiger partial charge in [-0.1, -0.05) is 48.5 Å². The number of nitrogens with zero attached hydrogens (tertiary/aromatic N) is 1. The highest BCUT2D eigenvalue weighted by Gasteiger charge is 2.20. The number of primary amides is 1. The van der Waals surface area contributed by atoms with Crippen LogP contribution < -0.4 is 11.5 Å². The van der Waals surface area contributed by atoms with Crippen LogP contribution in [0.4, 0.5) is 5.69 Å². The number of hydrogen-bond donors (Lipinski definition) is 4. The van der Waals surface area contributed by atoms with Crippen molar-refractivity contribution in [3.05, 3.63) is 95.1 Å². The van der Waals surface area contributed by atoms with Crippen LogP contribution in [0.5, 0.6) is 5.88 Å². The lowest BCUT2D eigenvalue weighted by Crippen LogP contribution is -2.28. The molecule has 0 spiro atoms. The van der Waals surface area contributed by atoms with Crippen molar-refractivity contribution in [3.8, 4) is 5.88 Å². The van der Waals surface area contributed by atoms with E-state index in [0.29, 0.717) is 27.9 Å². The molecular weight excluding hydrogens is 444 g/mol. The first-order valence-corrected chi connectivity index (χ1v) is 11.0. The zero-order valence-corrected chi connectivity index (χ0v) is 19.4. The minimum absolute atomic E-state index is 0.0926. The highest BCUT2D eigenvalue weighted by Crippen LogP contribution is 2.32. The first-order valence-electron chi connectivity index (χ1n) is 11.0. The molecule has 0 fully saturated rings. The fourth-order valence-electron chi connectivity index (χ4n) is 3.73. The molecule has 0 aliphatic carbocycles. The second-order valence-electron chi connectivity index (χ2n) is 8.75. The molecule has 178 valence electrons. The molecule has 3 aromatic carbocycles. The zero-order valence-electron chi connectivity index (χ0n) is 19.4. The first kappa shape index (κ1) is 23.7. The number of ether oxygens (including phenoxy) is 1. The maximum absolute atomic E-state index is 12.2. The van der Waals surface area contributed by atoms with E-state index in [1.54, 1.807) is 18.2 Å². The van der Waals surface area contributed by atoms with Crippen LogP contribution >= 0.6 is 0 Å². The van der Waals surface area contributed by atoms with Gasteiger partial charge in [0.15, 0.2) is 12.5 Å². The third-order valence-corrected chi connectivity index (χ3v) is 5.50. The van der Waals surface area contributed by atoms with Crippen LogP contribution in [-0.2, 0) is 15.1 Å². The summed E-state index contributed by atoms with van der Waals surface area (Å²) in [7, 11) is 0. The molecule has 6 N–H and O–H groups in total. The van der Waals surface area contributed by atoms with Gasteiger partial charge in [-0.2, -0.15) is 0 Å². The molecule has 4 aromatic rings. The lowest BCUT2D eigenvalue weighted by molar-refractivity contribution is -0.121. The van der Waals surface area contributed by atoms with Crippen molar-refractivity contribution in [1.29, 1.82) is 0 Å². The van der Waals surface area contributed by atoms with E-state index in [9.17, 15) is 14.7 Å². The Kier molecular flexibility index (Phi) is 6.40. The molecule has 0 aliphatic heterocycles. The number of rotatable bonds is 7. The van der Waals surface area contributed by atoms with Gasteiger partial charge in [0.05, 0.1) is 22.5 Å². The van der Waals surface area contributed by atoms with Crippen LogP contribution in [0.2, 0.25) is 0 Å². The summed E-state index contributed by atoms with van der Waals surface area (Å²) in [5.41, 5.74) is 15.0. The zero-order chi connectivity index (χ0) is 25.2. The average Bonchev–Trinajstić information content (AvgIpc) is 3.16. The molecule has 8 nitrogen and oxygen atoms in total. The van der Waals surface area contributed by atoms with Crippen molar-refractivity contribution in [3.63, 3.8) is 0 Å². The number of carbonyl (C=O) groups is 2. The molecule has 1 amide bonds. The predicted octanol–water partition coefficient (Wildman–Crippen LogP) is 3.88. The number of esters is 1. The number of aliphatic imine (C=N–C) groups is 1. The minimum atomic E-state index is -0.744. The normalized spacial score (nSPS) is 12.0. The quantitative estimate of drug-likeness (QED) is 0.239. The van der Waals surface area contributed by atoms with Crippen molar-refractivity contribution >= 4 is 34.2 Å². The smallest absolute Gasteiger partial charge is 0.338 e. The lowest BCUT2D eigenvalue weighted by Gasteiger charge is -2.19. The van der Waals surface area contributed by atoms with E-state index in [2.05, 4.69) is 4.98 Å². The Hall–Kier alpha value is -4.43. The number of carbonyl (C=O) groups excluding carboxylic acids is 2. The molecule has 0 aliphatic rings. The van der Waals surface area contributed by atoms with E-state index in [4.69, 9.17) is 21.2 Å². The summed E-state index contributed by atoms with van der Waals surface area (Å²) in [6.45, 7) is 3.36. The van der Waals surface area contributed by atoms with E-state index in [0.717, 1.165) is 11.1 Å². The van der Waals surface area contributed by atoms with Gasteiger partial charge >= 0.3 is 5.97 Å². The Balaban J connectivity index is 1.81. The predicted molar refractivity (Wildman–Crippen MR) is 135 cm³/mol. The Morgan fingerprint density at radius 2 is 1.69 bits per heavy atom. The highest BCUT2D eigenvalue weighted by molar-refractivity contribution is 6.22. The Morgan fingerprint density at radius 1 is 1.00 bits per heavy atom. The highest BCUT2D eigenvalue weighted by atomic mass is 16.5.